The fourth-order valence-corrected chi connectivity index (χ4v) is 1.92. The number of hydrogen-bond donors (Lipinski definition) is 1. The van der Waals surface area contributed by atoms with Gasteiger partial charge in [-0.2, -0.15) is 0 Å². The van der Waals surface area contributed by atoms with Crippen molar-refractivity contribution in [2.45, 2.75) is 6.54 Å². The van der Waals surface area contributed by atoms with Gasteiger partial charge in [0.1, 0.15) is 5.82 Å². The molecule has 0 atom stereocenters. The van der Waals surface area contributed by atoms with Crippen LogP contribution < -0.4 is 11.2 Å². The fourth-order valence-electron chi connectivity index (χ4n) is 1.49. The average molecular weight is 297 g/mol. The molecule has 0 bridgehead atoms. The first-order valence-corrected chi connectivity index (χ1v) is 5.75. The van der Waals surface area contributed by atoms with Crippen molar-refractivity contribution in [3.8, 4) is 0 Å². The molecule has 0 aliphatic heterocycles. The van der Waals surface area contributed by atoms with Gasteiger partial charge in [0.15, 0.2) is 0 Å². The van der Waals surface area contributed by atoms with E-state index in [4.69, 9.17) is 5.73 Å². The van der Waals surface area contributed by atoms with Gasteiger partial charge in [-0.15, -0.1) is 0 Å². The number of nitrogen functional groups attached to an aromatic ring is 1. The maximum atomic E-state index is 13.0. The Kier molecular flexibility index (Phi) is 3.28. The van der Waals surface area contributed by atoms with Crippen LogP contribution in [0, 0.1) is 5.82 Å². The predicted octanol–water partition coefficient (Wildman–Crippen LogP) is 2.38. The Morgan fingerprint density at radius 2 is 2.12 bits per heavy atom. The second kappa shape index (κ2) is 4.71. The van der Waals surface area contributed by atoms with E-state index in [1.165, 1.54) is 12.1 Å². The van der Waals surface area contributed by atoms with Gasteiger partial charge in [0, 0.05) is 25.0 Å². The second-order valence-electron chi connectivity index (χ2n) is 3.69. The third-order valence-corrected chi connectivity index (χ3v) is 2.96. The maximum Gasteiger partial charge on any atom is 0.204 e. The molecule has 0 aliphatic rings. The molecule has 2 aromatic rings. The topological polar surface area (TPSA) is 48.0 Å². The number of halogens is 2. The lowest BCUT2D eigenvalue weighted by atomic mass is 10.2. The zero-order valence-corrected chi connectivity index (χ0v) is 10.4. The van der Waals surface area contributed by atoms with Gasteiger partial charge in [0.25, 0.3) is 0 Å². The number of nitrogens with two attached hydrogens (primary N) is 1. The largest absolute Gasteiger partial charge is 0.394 e. The number of rotatable bonds is 2. The standard InChI is InChI=1S/C12H10BrFN2O/c13-9-5-8(1-2-10(9)14)6-16-4-3-12(17)11(15)7-16/h1-5,7H,6,15H2. The highest BCUT2D eigenvalue weighted by Gasteiger charge is 2.01. The number of anilines is 1. The molecule has 0 saturated heterocycles. The summed E-state index contributed by atoms with van der Waals surface area (Å²) in [6, 6.07) is 6.19. The normalized spacial score (nSPS) is 10.5. The van der Waals surface area contributed by atoms with E-state index < -0.39 is 0 Å². The van der Waals surface area contributed by atoms with Gasteiger partial charge in [-0.05, 0) is 33.6 Å². The minimum absolute atomic E-state index is 0.193. The summed E-state index contributed by atoms with van der Waals surface area (Å²) in [6.07, 6.45) is 3.22. The lowest BCUT2D eigenvalue weighted by Gasteiger charge is -2.07. The van der Waals surface area contributed by atoms with Crippen molar-refractivity contribution in [2.24, 2.45) is 0 Å². The van der Waals surface area contributed by atoms with Crippen molar-refractivity contribution in [2.75, 3.05) is 5.73 Å². The number of pyridine rings is 1. The third kappa shape index (κ3) is 2.74. The van der Waals surface area contributed by atoms with E-state index in [9.17, 15) is 9.18 Å². The minimum Gasteiger partial charge on any atom is -0.394 e. The van der Waals surface area contributed by atoms with E-state index in [1.807, 2.05) is 0 Å². The lowest BCUT2D eigenvalue weighted by Crippen LogP contribution is -2.11. The number of benzene rings is 1. The van der Waals surface area contributed by atoms with E-state index in [0.29, 0.717) is 11.0 Å². The van der Waals surface area contributed by atoms with Crippen LogP contribution in [0.3, 0.4) is 0 Å². The van der Waals surface area contributed by atoms with E-state index in [0.717, 1.165) is 5.56 Å². The fraction of sp³-hybridized carbons (Fsp3) is 0.0833. The van der Waals surface area contributed by atoms with Crippen molar-refractivity contribution in [3.63, 3.8) is 0 Å². The summed E-state index contributed by atoms with van der Waals surface area (Å²) in [7, 11) is 0. The van der Waals surface area contributed by atoms with Crippen LogP contribution in [-0.2, 0) is 6.54 Å². The molecule has 0 saturated carbocycles. The smallest absolute Gasteiger partial charge is 0.204 e. The summed E-state index contributed by atoms with van der Waals surface area (Å²) in [5.41, 5.74) is 6.45. The number of hydrogen-bond acceptors (Lipinski definition) is 2. The molecule has 0 amide bonds. The molecule has 88 valence electrons. The Morgan fingerprint density at radius 3 is 2.76 bits per heavy atom. The van der Waals surface area contributed by atoms with Crippen LogP contribution in [0.2, 0.25) is 0 Å². The van der Waals surface area contributed by atoms with Gasteiger partial charge < -0.3 is 10.3 Å². The van der Waals surface area contributed by atoms with Gasteiger partial charge in [-0.3, -0.25) is 4.79 Å². The molecule has 0 aliphatic carbocycles. The Balaban J connectivity index is 2.28. The van der Waals surface area contributed by atoms with Crippen LogP contribution in [0.5, 0.6) is 0 Å². The molecule has 3 nitrogen and oxygen atoms in total. The summed E-state index contributed by atoms with van der Waals surface area (Å²) < 4.78 is 15.2. The van der Waals surface area contributed by atoms with Crippen LogP contribution in [0.15, 0.2) is 45.9 Å². The SMILES string of the molecule is Nc1cn(Cc2ccc(F)c(Br)c2)ccc1=O. The highest BCUT2D eigenvalue weighted by Crippen LogP contribution is 2.17. The molecule has 0 radical (unpaired) electrons. The van der Waals surface area contributed by atoms with Crippen LogP contribution in [0.25, 0.3) is 0 Å². The Labute approximate surface area is 106 Å². The van der Waals surface area contributed by atoms with Gasteiger partial charge >= 0.3 is 0 Å². The molecule has 2 rings (SSSR count). The average Bonchev–Trinajstić information content (AvgIpc) is 2.29. The summed E-state index contributed by atoms with van der Waals surface area (Å²) in [5.74, 6) is -0.298. The summed E-state index contributed by atoms with van der Waals surface area (Å²) in [5, 5.41) is 0. The van der Waals surface area contributed by atoms with Gasteiger partial charge in [-0.25, -0.2) is 4.39 Å². The molecule has 5 heteroatoms. The van der Waals surface area contributed by atoms with E-state index in [-0.39, 0.29) is 16.9 Å². The molecule has 2 N–H and O–H groups in total. The molecule has 1 aromatic heterocycles. The Bertz CT molecular complexity index is 610. The zero-order chi connectivity index (χ0) is 12.4. The molecular formula is C12H10BrFN2O. The first kappa shape index (κ1) is 11.9. The molecule has 17 heavy (non-hydrogen) atoms. The Morgan fingerprint density at radius 1 is 1.35 bits per heavy atom. The van der Waals surface area contributed by atoms with Crippen LogP contribution in [0.4, 0.5) is 10.1 Å². The van der Waals surface area contributed by atoms with Crippen molar-refractivity contribution in [1.29, 1.82) is 0 Å². The minimum atomic E-state index is -0.298. The summed E-state index contributed by atoms with van der Waals surface area (Å²) >= 11 is 3.13. The molecule has 1 heterocycles. The van der Waals surface area contributed by atoms with Gasteiger partial charge in [0.2, 0.25) is 5.43 Å². The summed E-state index contributed by atoms with van der Waals surface area (Å²) in [4.78, 5) is 11.1. The molecule has 0 fully saturated rings. The van der Waals surface area contributed by atoms with E-state index in [2.05, 4.69) is 15.9 Å². The first-order chi connectivity index (χ1) is 8.06. The van der Waals surface area contributed by atoms with Crippen LogP contribution >= 0.6 is 15.9 Å². The Hall–Kier alpha value is -1.62. The highest BCUT2D eigenvalue weighted by molar-refractivity contribution is 9.10. The van der Waals surface area contributed by atoms with Crippen LogP contribution in [0.1, 0.15) is 5.56 Å². The van der Waals surface area contributed by atoms with Crippen molar-refractivity contribution < 1.29 is 4.39 Å². The van der Waals surface area contributed by atoms with Gasteiger partial charge in [-0.1, -0.05) is 6.07 Å². The van der Waals surface area contributed by atoms with Crippen molar-refractivity contribution in [3.05, 3.63) is 62.7 Å². The molecular weight excluding hydrogens is 287 g/mol. The maximum absolute atomic E-state index is 13.0. The third-order valence-electron chi connectivity index (χ3n) is 2.36. The summed E-state index contributed by atoms with van der Waals surface area (Å²) in [6.45, 7) is 0.531. The predicted molar refractivity (Wildman–Crippen MR) is 68.3 cm³/mol. The van der Waals surface area contributed by atoms with Crippen molar-refractivity contribution in [1.82, 2.24) is 4.57 Å². The quantitative estimate of drug-likeness (QED) is 0.925. The van der Waals surface area contributed by atoms with E-state index >= 15 is 0 Å². The van der Waals surface area contributed by atoms with Crippen LogP contribution in [-0.4, -0.2) is 4.57 Å². The zero-order valence-electron chi connectivity index (χ0n) is 8.86. The second-order valence-corrected chi connectivity index (χ2v) is 4.54. The van der Waals surface area contributed by atoms with E-state index in [1.54, 1.807) is 29.1 Å². The number of aromatic nitrogens is 1. The lowest BCUT2D eigenvalue weighted by molar-refractivity contribution is 0.619. The monoisotopic (exact) mass is 296 g/mol. The molecule has 0 unspecified atom stereocenters. The highest BCUT2D eigenvalue weighted by atomic mass is 79.9. The van der Waals surface area contributed by atoms with Gasteiger partial charge in [0.05, 0.1) is 10.2 Å². The molecule has 0 spiro atoms. The number of nitrogens with zero attached hydrogens (tertiary/aromatic N) is 1. The molecule has 1 aromatic carbocycles. The first-order valence-electron chi connectivity index (χ1n) is 4.96. The van der Waals surface area contributed by atoms with Crippen molar-refractivity contribution >= 4 is 21.6 Å².